The van der Waals surface area contributed by atoms with Gasteiger partial charge in [-0.1, -0.05) is 11.6 Å². The van der Waals surface area contributed by atoms with E-state index in [0.29, 0.717) is 12.2 Å². The van der Waals surface area contributed by atoms with Crippen molar-refractivity contribution in [1.82, 2.24) is 5.32 Å². The lowest BCUT2D eigenvalue weighted by Crippen LogP contribution is -2.28. The monoisotopic (exact) mass is 242 g/mol. The number of hydrogen-bond acceptors (Lipinski definition) is 2. The van der Waals surface area contributed by atoms with E-state index in [1.54, 1.807) is 6.92 Å². The Balaban J connectivity index is 2.88. The zero-order valence-electron chi connectivity index (χ0n) is 8.58. The molecular weight excluding hydrogens is 232 g/mol. The highest BCUT2D eigenvalue weighted by Gasteiger charge is 2.07. The Morgan fingerprint density at radius 1 is 1.38 bits per heavy atom. The fraction of sp³-hybridized carbons (Fsp3) is 0.200. The number of carboxylic acid groups (broad SMARTS) is 1. The number of hydrogen-bond donors (Lipinski definition) is 3. The Labute approximate surface area is 97.4 Å². The molecule has 0 aliphatic rings. The largest absolute Gasteiger partial charge is 0.478 e. The van der Waals surface area contributed by atoms with Gasteiger partial charge in [-0.05, 0) is 25.1 Å². The lowest BCUT2D eigenvalue weighted by atomic mass is 10.2. The van der Waals surface area contributed by atoms with Crippen molar-refractivity contribution in [3.8, 4) is 0 Å². The summed E-state index contributed by atoms with van der Waals surface area (Å²) >= 11 is 5.72. The highest BCUT2D eigenvalue weighted by Crippen LogP contribution is 2.19. The molecule has 6 heteroatoms. The first-order chi connectivity index (χ1) is 7.52. The molecule has 0 unspecified atom stereocenters. The molecule has 0 saturated heterocycles. The van der Waals surface area contributed by atoms with Crippen LogP contribution in [0.3, 0.4) is 0 Å². The maximum atomic E-state index is 11.2. The normalized spacial score (nSPS) is 9.62. The number of carbonyl (C=O) groups excluding carboxylic acids is 1. The second kappa shape index (κ2) is 5.37. The van der Waals surface area contributed by atoms with Crippen LogP contribution in [0.5, 0.6) is 0 Å². The number of carbonyl (C=O) groups is 2. The first kappa shape index (κ1) is 12.3. The SMILES string of the molecule is CCNC(=O)Nc1cc(Cl)cc(C(=O)O)c1. The maximum absolute atomic E-state index is 11.2. The third-order valence-corrected chi connectivity index (χ3v) is 1.96. The van der Waals surface area contributed by atoms with Crippen LogP contribution in [0.1, 0.15) is 17.3 Å². The molecule has 16 heavy (non-hydrogen) atoms. The van der Waals surface area contributed by atoms with Gasteiger partial charge in [-0.3, -0.25) is 0 Å². The summed E-state index contributed by atoms with van der Waals surface area (Å²) in [6.07, 6.45) is 0. The number of benzene rings is 1. The second-order valence-electron chi connectivity index (χ2n) is 3.02. The maximum Gasteiger partial charge on any atom is 0.335 e. The fourth-order valence-corrected chi connectivity index (χ4v) is 1.36. The number of nitrogens with one attached hydrogen (secondary N) is 2. The third-order valence-electron chi connectivity index (χ3n) is 1.74. The summed E-state index contributed by atoms with van der Waals surface area (Å²) in [5.74, 6) is -1.10. The topological polar surface area (TPSA) is 78.4 Å². The summed E-state index contributed by atoms with van der Waals surface area (Å²) in [6, 6.07) is 3.72. The molecule has 5 nitrogen and oxygen atoms in total. The Hall–Kier alpha value is -1.75. The second-order valence-corrected chi connectivity index (χ2v) is 3.45. The first-order valence-corrected chi connectivity index (χ1v) is 4.99. The molecule has 2 amide bonds. The first-order valence-electron chi connectivity index (χ1n) is 4.61. The predicted molar refractivity (Wildman–Crippen MR) is 61.1 cm³/mol. The van der Waals surface area contributed by atoms with Gasteiger partial charge in [0.05, 0.1) is 5.56 Å². The van der Waals surface area contributed by atoms with E-state index in [-0.39, 0.29) is 10.6 Å². The summed E-state index contributed by atoms with van der Waals surface area (Å²) in [4.78, 5) is 21.9. The Morgan fingerprint density at radius 2 is 2.06 bits per heavy atom. The molecule has 0 heterocycles. The summed E-state index contributed by atoms with van der Waals surface area (Å²) in [5, 5.41) is 14.0. The number of carboxylic acids is 1. The molecule has 0 aliphatic heterocycles. The van der Waals surface area contributed by atoms with Crippen LogP contribution in [0.4, 0.5) is 10.5 Å². The van der Waals surface area contributed by atoms with E-state index in [9.17, 15) is 9.59 Å². The van der Waals surface area contributed by atoms with Gasteiger partial charge in [-0.15, -0.1) is 0 Å². The zero-order chi connectivity index (χ0) is 12.1. The van der Waals surface area contributed by atoms with E-state index in [1.807, 2.05) is 0 Å². The molecule has 0 aromatic heterocycles. The van der Waals surface area contributed by atoms with Gasteiger partial charge in [0.25, 0.3) is 0 Å². The lowest BCUT2D eigenvalue weighted by Gasteiger charge is -2.07. The van der Waals surface area contributed by atoms with Gasteiger partial charge in [0.2, 0.25) is 0 Å². The number of anilines is 1. The van der Waals surface area contributed by atoms with Gasteiger partial charge in [0, 0.05) is 17.3 Å². The minimum absolute atomic E-state index is 0.0271. The van der Waals surface area contributed by atoms with E-state index in [2.05, 4.69) is 10.6 Å². The molecule has 0 radical (unpaired) electrons. The van der Waals surface area contributed by atoms with Crippen molar-refractivity contribution >= 4 is 29.3 Å². The van der Waals surface area contributed by atoms with Crippen LogP contribution in [-0.4, -0.2) is 23.7 Å². The molecule has 3 N–H and O–H groups in total. The summed E-state index contributed by atoms with van der Waals surface area (Å²) in [5.41, 5.74) is 0.371. The van der Waals surface area contributed by atoms with Crippen molar-refractivity contribution in [3.63, 3.8) is 0 Å². The highest BCUT2D eigenvalue weighted by molar-refractivity contribution is 6.31. The van der Waals surface area contributed by atoms with E-state index in [0.717, 1.165) is 0 Å². The number of halogens is 1. The van der Waals surface area contributed by atoms with Crippen molar-refractivity contribution in [3.05, 3.63) is 28.8 Å². The van der Waals surface area contributed by atoms with Crippen molar-refractivity contribution < 1.29 is 14.7 Å². The molecule has 1 aromatic carbocycles. The van der Waals surface area contributed by atoms with E-state index < -0.39 is 12.0 Å². The van der Waals surface area contributed by atoms with Crippen molar-refractivity contribution in [1.29, 1.82) is 0 Å². The Bertz CT molecular complexity index is 421. The zero-order valence-corrected chi connectivity index (χ0v) is 9.34. The van der Waals surface area contributed by atoms with Crippen molar-refractivity contribution in [2.75, 3.05) is 11.9 Å². The molecule has 0 fully saturated rings. The van der Waals surface area contributed by atoms with Gasteiger partial charge in [0.1, 0.15) is 0 Å². The Morgan fingerprint density at radius 3 is 2.62 bits per heavy atom. The number of rotatable bonds is 3. The van der Waals surface area contributed by atoms with E-state index >= 15 is 0 Å². The molecule has 0 saturated carbocycles. The van der Waals surface area contributed by atoms with Crippen LogP contribution < -0.4 is 10.6 Å². The molecule has 0 aliphatic carbocycles. The average molecular weight is 243 g/mol. The quantitative estimate of drug-likeness (QED) is 0.760. The van der Waals surface area contributed by atoms with E-state index in [4.69, 9.17) is 16.7 Å². The standard InChI is InChI=1S/C10H11ClN2O3/c1-2-12-10(16)13-8-4-6(9(14)15)3-7(11)5-8/h3-5H,2H2,1H3,(H,14,15)(H2,12,13,16). The minimum atomic E-state index is -1.10. The molecular formula is C10H11ClN2O3. The van der Waals surface area contributed by atoms with Gasteiger partial charge in [-0.2, -0.15) is 0 Å². The molecule has 0 spiro atoms. The smallest absolute Gasteiger partial charge is 0.335 e. The molecule has 1 rings (SSSR count). The average Bonchev–Trinajstić information content (AvgIpc) is 2.16. The van der Waals surface area contributed by atoms with Crippen molar-refractivity contribution in [2.24, 2.45) is 0 Å². The lowest BCUT2D eigenvalue weighted by molar-refractivity contribution is 0.0697. The van der Waals surface area contributed by atoms with Crippen LogP contribution >= 0.6 is 11.6 Å². The molecule has 0 bridgehead atoms. The third kappa shape index (κ3) is 3.43. The van der Waals surface area contributed by atoms with Crippen LogP contribution in [0, 0.1) is 0 Å². The van der Waals surface area contributed by atoms with Crippen LogP contribution in [0.25, 0.3) is 0 Å². The van der Waals surface area contributed by atoms with E-state index in [1.165, 1.54) is 18.2 Å². The number of aromatic carboxylic acids is 1. The van der Waals surface area contributed by atoms with Crippen LogP contribution in [-0.2, 0) is 0 Å². The summed E-state index contributed by atoms with van der Waals surface area (Å²) < 4.78 is 0. The Kier molecular flexibility index (Phi) is 4.13. The minimum Gasteiger partial charge on any atom is -0.478 e. The number of urea groups is 1. The van der Waals surface area contributed by atoms with Crippen LogP contribution in [0.15, 0.2) is 18.2 Å². The van der Waals surface area contributed by atoms with Gasteiger partial charge in [0.15, 0.2) is 0 Å². The van der Waals surface area contributed by atoms with Gasteiger partial charge in [-0.25, -0.2) is 9.59 Å². The highest BCUT2D eigenvalue weighted by atomic mass is 35.5. The van der Waals surface area contributed by atoms with Gasteiger partial charge < -0.3 is 15.7 Å². The molecule has 0 atom stereocenters. The summed E-state index contributed by atoms with van der Waals surface area (Å²) in [7, 11) is 0. The predicted octanol–water partition coefficient (Wildman–Crippen LogP) is 2.18. The molecule has 1 aromatic rings. The number of amides is 2. The summed E-state index contributed by atoms with van der Waals surface area (Å²) in [6.45, 7) is 2.26. The fourth-order valence-electron chi connectivity index (χ4n) is 1.12. The van der Waals surface area contributed by atoms with Gasteiger partial charge >= 0.3 is 12.0 Å². The van der Waals surface area contributed by atoms with Crippen LogP contribution in [0.2, 0.25) is 5.02 Å². The molecule has 86 valence electrons. The van der Waals surface area contributed by atoms with Crippen molar-refractivity contribution in [2.45, 2.75) is 6.92 Å².